The van der Waals surface area contributed by atoms with Crippen molar-refractivity contribution >= 4 is 17.3 Å². The van der Waals surface area contributed by atoms with Gasteiger partial charge in [0.05, 0.1) is 4.92 Å². The van der Waals surface area contributed by atoms with Gasteiger partial charge >= 0.3 is 0 Å². The number of benzene rings is 1. The molecule has 1 amide bonds. The summed E-state index contributed by atoms with van der Waals surface area (Å²) in [5.41, 5.74) is 2.53. The molecule has 1 aliphatic carbocycles. The molecule has 0 saturated heterocycles. The van der Waals surface area contributed by atoms with E-state index in [1.807, 2.05) is 0 Å². The molecule has 0 heterocycles. The summed E-state index contributed by atoms with van der Waals surface area (Å²) in [5.74, 6) is 6.20. The van der Waals surface area contributed by atoms with Crippen LogP contribution in [0.4, 0.5) is 11.4 Å². The summed E-state index contributed by atoms with van der Waals surface area (Å²) in [6.45, 7) is 2.83. The van der Waals surface area contributed by atoms with Crippen LogP contribution < -0.4 is 11.3 Å². The van der Waals surface area contributed by atoms with Crippen molar-refractivity contribution in [1.82, 2.24) is 4.90 Å². The van der Waals surface area contributed by atoms with Crippen LogP contribution in [0.25, 0.3) is 0 Å². The van der Waals surface area contributed by atoms with Gasteiger partial charge < -0.3 is 10.3 Å². The van der Waals surface area contributed by atoms with Crippen molar-refractivity contribution in [1.29, 1.82) is 0 Å². The number of nitrogen functional groups attached to an aromatic ring is 1. The molecular formula is C13H18N4O3. The van der Waals surface area contributed by atoms with Crippen molar-refractivity contribution in [2.24, 2.45) is 17.7 Å². The minimum absolute atomic E-state index is 0.185. The van der Waals surface area contributed by atoms with Crippen LogP contribution in [0.3, 0.4) is 0 Å². The topological polar surface area (TPSA) is 102 Å². The molecule has 7 nitrogen and oxygen atoms in total. The van der Waals surface area contributed by atoms with Crippen LogP contribution >= 0.6 is 0 Å². The zero-order valence-electron chi connectivity index (χ0n) is 11.5. The van der Waals surface area contributed by atoms with E-state index in [0.29, 0.717) is 23.9 Å². The van der Waals surface area contributed by atoms with Crippen LogP contribution in [0.5, 0.6) is 0 Å². The molecule has 3 N–H and O–H groups in total. The van der Waals surface area contributed by atoms with E-state index in [1.54, 1.807) is 11.9 Å². The lowest BCUT2D eigenvalue weighted by Crippen LogP contribution is -2.29. The molecule has 1 aliphatic rings. The van der Waals surface area contributed by atoms with Crippen molar-refractivity contribution in [3.05, 3.63) is 33.9 Å². The quantitative estimate of drug-likeness (QED) is 0.484. The molecule has 2 unspecified atom stereocenters. The van der Waals surface area contributed by atoms with Gasteiger partial charge in [0.15, 0.2) is 0 Å². The fourth-order valence-corrected chi connectivity index (χ4v) is 2.25. The first-order valence-electron chi connectivity index (χ1n) is 6.44. The highest BCUT2D eigenvalue weighted by atomic mass is 16.6. The lowest BCUT2D eigenvalue weighted by atomic mass is 10.1. The van der Waals surface area contributed by atoms with E-state index in [2.05, 4.69) is 12.3 Å². The van der Waals surface area contributed by atoms with Crippen LogP contribution in [-0.4, -0.2) is 29.3 Å². The van der Waals surface area contributed by atoms with Crippen LogP contribution in [-0.2, 0) is 0 Å². The zero-order chi connectivity index (χ0) is 14.9. The van der Waals surface area contributed by atoms with Gasteiger partial charge in [0.2, 0.25) is 0 Å². The number of anilines is 1. The summed E-state index contributed by atoms with van der Waals surface area (Å²) in [7, 11) is 1.72. The second kappa shape index (κ2) is 5.46. The molecule has 20 heavy (non-hydrogen) atoms. The van der Waals surface area contributed by atoms with Gasteiger partial charge in [-0.1, -0.05) is 6.92 Å². The molecule has 0 spiro atoms. The molecule has 0 aromatic heterocycles. The van der Waals surface area contributed by atoms with Gasteiger partial charge in [-0.2, -0.15) is 0 Å². The third-order valence-electron chi connectivity index (χ3n) is 3.73. The Labute approximate surface area is 116 Å². The summed E-state index contributed by atoms with van der Waals surface area (Å²) >= 11 is 0. The third-order valence-corrected chi connectivity index (χ3v) is 3.73. The Balaban J connectivity index is 2.17. The summed E-state index contributed by atoms with van der Waals surface area (Å²) < 4.78 is 0. The van der Waals surface area contributed by atoms with Gasteiger partial charge in [0, 0.05) is 25.2 Å². The van der Waals surface area contributed by atoms with E-state index in [9.17, 15) is 14.9 Å². The summed E-state index contributed by atoms with van der Waals surface area (Å²) in [6, 6.07) is 4.24. The molecule has 0 radical (unpaired) electrons. The van der Waals surface area contributed by atoms with Crippen LogP contribution in [0.1, 0.15) is 23.7 Å². The third kappa shape index (κ3) is 2.88. The van der Waals surface area contributed by atoms with Crippen molar-refractivity contribution in [3.63, 3.8) is 0 Å². The molecule has 2 rings (SSSR count). The van der Waals surface area contributed by atoms with Crippen molar-refractivity contribution in [2.45, 2.75) is 13.3 Å². The monoisotopic (exact) mass is 278 g/mol. The number of nitrogens with two attached hydrogens (primary N) is 1. The molecule has 2 atom stereocenters. The molecule has 108 valence electrons. The number of rotatable bonds is 5. The second-order valence-electron chi connectivity index (χ2n) is 5.29. The molecule has 1 fully saturated rings. The van der Waals surface area contributed by atoms with E-state index in [-0.39, 0.29) is 17.3 Å². The maximum absolute atomic E-state index is 12.2. The number of carbonyl (C=O) groups excluding carboxylic acids is 1. The summed E-state index contributed by atoms with van der Waals surface area (Å²) in [4.78, 5) is 24.2. The minimum Gasteiger partial charge on any atom is -0.341 e. The maximum Gasteiger partial charge on any atom is 0.294 e. The average Bonchev–Trinajstić information content (AvgIpc) is 3.12. The number of hydrazine groups is 1. The number of nitro benzene ring substituents is 1. The van der Waals surface area contributed by atoms with Gasteiger partial charge in [0.1, 0.15) is 5.69 Å². The Morgan fingerprint density at radius 3 is 2.75 bits per heavy atom. The lowest BCUT2D eigenvalue weighted by molar-refractivity contribution is -0.384. The zero-order valence-corrected chi connectivity index (χ0v) is 11.5. The molecule has 7 heteroatoms. The Morgan fingerprint density at radius 2 is 2.25 bits per heavy atom. The second-order valence-corrected chi connectivity index (χ2v) is 5.29. The normalized spacial score (nSPS) is 20.4. The fourth-order valence-electron chi connectivity index (χ4n) is 2.25. The number of hydrogen-bond acceptors (Lipinski definition) is 5. The number of nitro groups is 1. The molecule has 1 aromatic carbocycles. The Morgan fingerprint density at radius 1 is 1.60 bits per heavy atom. The highest BCUT2D eigenvalue weighted by Crippen LogP contribution is 2.38. The van der Waals surface area contributed by atoms with E-state index in [4.69, 9.17) is 5.84 Å². The van der Waals surface area contributed by atoms with Crippen LogP contribution in [0, 0.1) is 22.0 Å². The molecule has 1 saturated carbocycles. The Kier molecular flexibility index (Phi) is 3.89. The number of amides is 1. The Bertz CT molecular complexity index is 546. The van der Waals surface area contributed by atoms with Crippen LogP contribution in [0.15, 0.2) is 18.2 Å². The molecule has 0 bridgehead atoms. The van der Waals surface area contributed by atoms with Gasteiger partial charge in [-0.15, -0.1) is 0 Å². The number of nitrogens with one attached hydrogen (secondary N) is 1. The average molecular weight is 278 g/mol. The van der Waals surface area contributed by atoms with Gasteiger partial charge in [-0.25, -0.2) is 0 Å². The fraction of sp³-hybridized carbons (Fsp3) is 0.462. The van der Waals surface area contributed by atoms with Gasteiger partial charge in [-0.3, -0.25) is 20.8 Å². The maximum atomic E-state index is 12.2. The number of nitrogens with zero attached hydrogens (tertiary/aromatic N) is 2. The molecular weight excluding hydrogens is 260 g/mol. The summed E-state index contributed by atoms with van der Waals surface area (Å²) in [6.07, 6.45) is 1.13. The predicted octanol–water partition coefficient (Wildman–Crippen LogP) is 1.61. The van der Waals surface area contributed by atoms with E-state index in [1.165, 1.54) is 18.2 Å². The van der Waals surface area contributed by atoms with E-state index >= 15 is 0 Å². The largest absolute Gasteiger partial charge is 0.341 e. The highest BCUT2D eigenvalue weighted by Gasteiger charge is 2.34. The lowest BCUT2D eigenvalue weighted by Gasteiger charge is -2.17. The van der Waals surface area contributed by atoms with Crippen molar-refractivity contribution in [2.75, 3.05) is 19.0 Å². The predicted molar refractivity (Wildman–Crippen MR) is 75.1 cm³/mol. The molecule has 1 aromatic rings. The number of carbonyl (C=O) groups is 1. The van der Waals surface area contributed by atoms with Crippen molar-refractivity contribution in [3.8, 4) is 0 Å². The standard InChI is InChI=1S/C13H18N4O3/c1-8-5-10(8)7-16(2)13(18)9-3-4-11(15-14)12(6-9)17(19)20/h3-4,6,8,10,15H,5,7,14H2,1-2H3. The molecule has 0 aliphatic heterocycles. The SMILES string of the molecule is CC1CC1CN(C)C(=O)c1ccc(NN)c([N+](=O)[O-])c1. The van der Waals surface area contributed by atoms with Gasteiger partial charge in [-0.05, 0) is 30.4 Å². The highest BCUT2D eigenvalue weighted by molar-refractivity contribution is 5.95. The smallest absolute Gasteiger partial charge is 0.294 e. The minimum atomic E-state index is -0.561. The van der Waals surface area contributed by atoms with Crippen LogP contribution in [0.2, 0.25) is 0 Å². The van der Waals surface area contributed by atoms with Gasteiger partial charge in [0.25, 0.3) is 11.6 Å². The van der Waals surface area contributed by atoms with E-state index in [0.717, 1.165) is 6.42 Å². The summed E-state index contributed by atoms with van der Waals surface area (Å²) in [5, 5.41) is 10.9. The van der Waals surface area contributed by atoms with E-state index < -0.39 is 4.92 Å². The number of hydrogen-bond donors (Lipinski definition) is 2. The van der Waals surface area contributed by atoms with Crippen molar-refractivity contribution < 1.29 is 9.72 Å². The first kappa shape index (κ1) is 14.3. The first-order chi connectivity index (χ1) is 9.43. The Hall–Kier alpha value is -2.15. The first-order valence-corrected chi connectivity index (χ1v) is 6.44.